The van der Waals surface area contributed by atoms with Gasteiger partial charge < -0.3 is 13.9 Å². The molecule has 0 aromatic rings. The van der Waals surface area contributed by atoms with Gasteiger partial charge in [-0.1, -0.05) is 61.6 Å². The summed E-state index contributed by atoms with van der Waals surface area (Å²) in [5, 5.41) is 0.330. The zero-order valence-corrected chi connectivity index (χ0v) is 21.7. The van der Waals surface area contributed by atoms with E-state index in [9.17, 15) is 4.79 Å². The fourth-order valence-corrected chi connectivity index (χ4v) is 6.55. The third-order valence-corrected chi connectivity index (χ3v) is 17.3. The highest BCUT2D eigenvalue weighted by Gasteiger charge is 2.65. The Kier molecular flexibility index (Phi) is 7.08. The Hall–Kier alpha value is -0.436. The summed E-state index contributed by atoms with van der Waals surface area (Å²) in [6, 6.07) is 0. The predicted octanol–water partition coefficient (Wildman–Crippen LogP) is 5.70. The number of hydrogen-bond donors (Lipinski definition) is 0. The standard InChI is InChI=1S/C21H42O4Si2/c1-13-16(17(22)23-8)14-21(15-24-27(11,12)20(5,6)7)18(25-21)26(9,10)19(2,3)4/h14,18H,13,15H2,1-12H3/b16-14-/t18-,21-/m1/s1. The molecule has 6 heteroatoms. The summed E-state index contributed by atoms with van der Waals surface area (Å²) in [5.41, 5.74) is 0.316. The fraction of sp³-hybridized carbons (Fsp3) is 0.857. The third kappa shape index (κ3) is 5.14. The van der Waals surface area contributed by atoms with Crippen molar-refractivity contribution in [1.82, 2.24) is 0 Å². The Bertz CT molecular complexity index is 582. The van der Waals surface area contributed by atoms with Crippen LogP contribution >= 0.6 is 0 Å². The van der Waals surface area contributed by atoms with Crippen molar-refractivity contribution in [2.45, 2.75) is 102 Å². The molecule has 0 aromatic heterocycles. The average molecular weight is 415 g/mol. The largest absolute Gasteiger partial charge is 0.466 e. The first kappa shape index (κ1) is 24.6. The summed E-state index contributed by atoms with van der Waals surface area (Å²) >= 11 is 0. The van der Waals surface area contributed by atoms with E-state index in [1.165, 1.54) is 7.11 Å². The number of carbonyl (C=O) groups excluding carboxylic acids is 1. The predicted molar refractivity (Wildman–Crippen MR) is 118 cm³/mol. The third-order valence-electron chi connectivity index (χ3n) is 7.02. The van der Waals surface area contributed by atoms with Gasteiger partial charge in [-0.2, -0.15) is 0 Å². The minimum Gasteiger partial charge on any atom is -0.466 e. The molecule has 1 aliphatic rings. The van der Waals surface area contributed by atoms with Gasteiger partial charge in [0.2, 0.25) is 0 Å². The monoisotopic (exact) mass is 414 g/mol. The minimum atomic E-state index is -1.92. The van der Waals surface area contributed by atoms with Crippen molar-refractivity contribution in [3.05, 3.63) is 11.6 Å². The lowest BCUT2D eigenvalue weighted by molar-refractivity contribution is -0.136. The zero-order valence-electron chi connectivity index (χ0n) is 19.7. The molecule has 0 amide bonds. The summed E-state index contributed by atoms with van der Waals surface area (Å²) in [6.07, 6.45) is 2.64. The summed E-state index contributed by atoms with van der Waals surface area (Å²) in [7, 11) is -2.24. The van der Waals surface area contributed by atoms with Crippen LogP contribution in [-0.2, 0) is 18.7 Å². The lowest BCUT2D eigenvalue weighted by atomic mass is 10.1. The smallest absolute Gasteiger partial charge is 0.333 e. The normalized spacial score (nSPS) is 24.7. The minimum absolute atomic E-state index is 0.134. The maximum absolute atomic E-state index is 12.2. The highest BCUT2D eigenvalue weighted by molar-refractivity contribution is 6.82. The molecule has 0 radical (unpaired) electrons. The van der Waals surface area contributed by atoms with Gasteiger partial charge in [0, 0.05) is 5.57 Å². The highest BCUT2D eigenvalue weighted by Crippen LogP contribution is 2.53. The average Bonchev–Trinajstić information content (AvgIpc) is 3.23. The van der Waals surface area contributed by atoms with E-state index in [0.717, 1.165) is 0 Å². The Labute approximate surface area is 169 Å². The van der Waals surface area contributed by atoms with Crippen LogP contribution in [0, 0.1) is 0 Å². The van der Waals surface area contributed by atoms with Crippen LogP contribution in [0.3, 0.4) is 0 Å². The maximum atomic E-state index is 12.2. The van der Waals surface area contributed by atoms with Crippen LogP contribution < -0.4 is 0 Å². The molecule has 1 heterocycles. The van der Waals surface area contributed by atoms with E-state index in [1.54, 1.807) is 0 Å². The Balaban J connectivity index is 3.25. The SMILES string of the molecule is CC/C(=C/[C@]1(CO[Si](C)(C)C(C)(C)C)O[C@@H]1[Si](C)(C)C(C)(C)C)C(=O)OC. The van der Waals surface area contributed by atoms with Gasteiger partial charge in [-0.25, -0.2) is 4.79 Å². The van der Waals surface area contributed by atoms with Crippen LogP contribution in [0.1, 0.15) is 54.9 Å². The highest BCUT2D eigenvalue weighted by atomic mass is 28.4. The lowest BCUT2D eigenvalue weighted by Crippen LogP contribution is -2.49. The molecular formula is C21H42O4Si2. The van der Waals surface area contributed by atoms with Crippen molar-refractivity contribution >= 4 is 22.4 Å². The molecule has 1 saturated heterocycles. The number of ether oxygens (including phenoxy) is 2. The number of epoxide rings is 1. The van der Waals surface area contributed by atoms with Crippen LogP contribution in [0.2, 0.25) is 36.3 Å². The molecule has 2 atom stereocenters. The van der Waals surface area contributed by atoms with E-state index >= 15 is 0 Å². The van der Waals surface area contributed by atoms with E-state index in [4.69, 9.17) is 13.9 Å². The molecule has 0 unspecified atom stereocenters. The number of carbonyl (C=O) groups is 1. The summed E-state index contributed by atoms with van der Waals surface area (Å²) < 4.78 is 17.9. The van der Waals surface area contributed by atoms with Crippen LogP contribution in [0.5, 0.6) is 0 Å². The molecule has 0 aromatic carbocycles. The van der Waals surface area contributed by atoms with Gasteiger partial charge in [-0.3, -0.25) is 0 Å². The van der Waals surface area contributed by atoms with Gasteiger partial charge in [0.1, 0.15) is 5.60 Å². The first-order valence-electron chi connectivity index (χ1n) is 10.1. The number of esters is 1. The fourth-order valence-electron chi connectivity index (χ4n) is 2.84. The van der Waals surface area contributed by atoms with Crippen molar-refractivity contribution in [2.75, 3.05) is 13.7 Å². The molecule has 0 spiro atoms. The Morgan fingerprint density at radius 2 is 1.59 bits per heavy atom. The second-order valence-electron chi connectivity index (χ2n) is 11.0. The first-order valence-corrected chi connectivity index (χ1v) is 16.1. The quantitative estimate of drug-likeness (QED) is 0.232. The Morgan fingerprint density at radius 1 is 1.07 bits per heavy atom. The van der Waals surface area contributed by atoms with E-state index in [0.29, 0.717) is 18.6 Å². The van der Waals surface area contributed by atoms with Crippen molar-refractivity contribution in [3.8, 4) is 0 Å². The molecule has 0 bridgehead atoms. The van der Waals surface area contributed by atoms with Crippen molar-refractivity contribution in [2.24, 2.45) is 0 Å². The van der Waals surface area contributed by atoms with E-state index in [2.05, 4.69) is 67.7 Å². The maximum Gasteiger partial charge on any atom is 0.333 e. The van der Waals surface area contributed by atoms with Crippen LogP contribution in [-0.4, -0.2) is 47.4 Å². The molecule has 4 nitrogen and oxygen atoms in total. The molecule has 27 heavy (non-hydrogen) atoms. The second kappa shape index (κ2) is 7.77. The summed E-state index contributed by atoms with van der Waals surface area (Å²) in [5.74, 6) is -0.270. The number of hydrogen-bond acceptors (Lipinski definition) is 4. The lowest BCUT2D eigenvalue weighted by Gasteiger charge is -2.38. The summed E-state index contributed by atoms with van der Waals surface area (Å²) in [4.78, 5) is 12.2. The van der Waals surface area contributed by atoms with Crippen LogP contribution in [0.25, 0.3) is 0 Å². The van der Waals surface area contributed by atoms with Gasteiger partial charge in [-0.05, 0) is 35.7 Å². The van der Waals surface area contributed by atoms with Gasteiger partial charge >= 0.3 is 5.97 Å². The molecule has 1 fully saturated rings. The van der Waals surface area contributed by atoms with Gasteiger partial charge in [0.15, 0.2) is 8.32 Å². The molecule has 158 valence electrons. The summed E-state index contributed by atoms with van der Waals surface area (Å²) in [6.45, 7) is 25.4. The van der Waals surface area contributed by atoms with Crippen LogP contribution in [0.4, 0.5) is 0 Å². The molecule has 1 rings (SSSR count). The molecule has 0 N–H and O–H groups in total. The van der Waals surface area contributed by atoms with Crippen molar-refractivity contribution in [1.29, 1.82) is 0 Å². The molecule has 0 saturated carbocycles. The number of methoxy groups -OCH3 is 1. The van der Waals surface area contributed by atoms with E-state index in [-0.39, 0.29) is 21.8 Å². The first-order chi connectivity index (χ1) is 11.9. The van der Waals surface area contributed by atoms with Crippen molar-refractivity contribution < 1.29 is 18.7 Å². The molecule has 1 aliphatic heterocycles. The Morgan fingerprint density at radius 3 is 1.96 bits per heavy atom. The molecular weight excluding hydrogens is 372 g/mol. The van der Waals surface area contributed by atoms with Gasteiger partial charge in [0.25, 0.3) is 0 Å². The van der Waals surface area contributed by atoms with E-state index in [1.807, 2.05) is 13.0 Å². The van der Waals surface area contributed by atoms with E-state index < -0.39 is 22.0 Å². The second-order valence-corrected chi connectivity index (χ2v) is 21.3. The van der Waals surface area contributed by atoms with Gasteiger partial charge in [0.05, 0.1) is 27.5 Å². The topological polar surface area (TPSA) is 48.1 Å². The van der Waals surface area contributed by atoms with Gasteiger partial charge in [-0.15, -0.1) is 0 Å². The van der Waals surface area contributed by atoms with Crippen LogP contribution in [0.15, 0.2) is 11.6 Å². The van der Waals surface area contributed by atoms with Crippen molar-refractivity contribution in [3.63, 3.8) is 0 Å². The zero-order chi connectivity index (χ0) is 21.5. The molecule has 0 aliphatic carbocycles. The number of rotatable bonds is 7.